The van der Waals surface area contributed by atoms with Crippen molar-refractivity contribution in [2.24, 2.45) is 10.9 Å². The summed E-state index contributed by atoms with van der Waals surface area (Å²) in [6.07, 6.45) is 2.06. The van der Waals surface area contributed by atoms with Crippen molar-refractivity contribution < 1.29 is 4.74 Å². The van der Waals surface area contributed by atoms with Crippen LogP contribution >= 0.6 is 0 Å². The Bertz CT molecular complexity index is 317. The monoisotopic (exact) mass is 237 g/mol. The highest BCUT2D eigenvalue weighted by Gasteiger charge is 2.19. The van der Waals surface area contributed by atoms with Crippen molar-refractivity contribution in [2.75, 3.05) is 46.4 Å². The van der Waals surface area contributed by atoms with Gasteiger partial charge >= 0.3 is 0 Å². The molecule has 0 radical (unpaired) electrons. The van der Waals surface area contributed by atoms with Gasteiger partial charge in [0.2, 0.25) is 0 Å². The van der Waals surface area contributed by atoms with Gasteiger partial charge in [-0.25, -0.2) is 4.99 Å². The van der Waals surface area contributed by atoms with Gasteiger partial charge in [0.05, 0.1) is 19.8 Å². The van der Waals surface area contributed by atoms with Crippen molar-refractivity contribution in [3.63, 3.8) is 0 Å². The highest BCUT2D eigenvalue weighted by molar-refractivity contribution is 5.85. The first kappa shape index (κ1) is 12.6. The molecule has 0 aromatic rings. The summed E-state index contributed by atoms with van der Waals surface area (Å²) in [7, 11) is 2.13. The maximum Gasteiger partial charge on any atom is 0.118 e. The topological polar surface area (TPSA) is 28.1 Å². The van der Waals surface area contributed by atoms with Crippen LogP contribution in [0.2, 0.25) is 0 Å². The molecule has 2 aliphatic heterocycles. The Kier molecular flexibility index (Phi) is 4.18. The van der Waals surface area contributed by atoms with Gasteiger partial charge in [-0.15, -0.1) is 0 Å². The van der Waals surface area contributed by atoms with Gasteiger partial charge in [-0.1, -0.05) is 13.8 Å². The van der Waals surface area contributed by atoms with Crippen LogP contribution in [0, 0.1) is 5.92 Å². The lowest BCUT2D eigenvalue weighted by Crippen LogP contribution is -2.45. The third kappa shape index (κ3) is 3.30. The van der Waals surface area contributed by atoms with Crippen molar-refractivity contribution >= 4 is 5.84 Å². The van der Waals surface area contributed by atoms with Crippen molar-refractivity contribution in [2.45, 2.75) is 13.8 Å². The van der Waals surface area contributed by atoms with Crippen LogP contribution in [0.5, 0.6) is 0 Å². The summed E-state index contributed by atoms with van der Waals surface area (Å²) in [6, 6.07) is 0. The lowest BCUT2D eigenvalue weighted by atomic mass is 10.0. The second-order valence-corrected chi connectivity index (χ2v) is 5.15. The molecule has 0 aromatic heterocycles. The van der Waals surface area contributed by atoms with E-state index in [-0.39, 0.29) is 0 Å². The van der Waals surface area contributed by atoms with Crippen LogP contribution in [0.3, 0.4) is 0 Å². The van der Waals surface area contributed by atoms with Crippen molar-refractivity contribution in [1.82, 2.24) is 9.80 Å². The van der Waals surface area contributed by atoms with E-state index in [9.17, 15) is 0 Å². The number of nitrogens with zero attached hydrogens (tertiary/aromatic N) is 3. The summed E-state index contributed by atoms with van der Waals surface area (Å²) in [5.41, 5.74) is 1.42. The van der Waals surface area contributed by atoms with Crippen LogP contribution in [0.25, 0.3) is 0 Å². The quantitative estimate of drug-likeness (QED) is 0.738. The summed E-state index contributed by atoms with van der Waals surface area (Å²) in [4.78, 5) is 9.28. The van der Waals surface area contributed by atoms with Gasteiger partial charge in [-0.05, 0) is 11.5 Å². The zero-order valence-electron chi connectivity index (χ0n) is 11.1. The van der Waals surface area contributed by atoms with Gasteiger partial charge in [0.25, 0.3) is 0 Å². The number of hydrogen-bond acceptors (Lipinski definition) is 4. The molecule has 17 heavy (non-hydrogen) atoms. The van der Waals surface area contributed by atoms with Gasteiger partial charge in [-0.2, -0.15) is 0 Å². The Morgan fingerprint density at radius 3 is 2.65 bits per heavy atom. The van der Waals surface area contributed by atoms with Crippen LogP contribution < -0.4 is 0 Å². The number of aliphatic imine (C=N–C) groups is 1. The maximum atomic E-state index is 5.36. The Morgan fingerprint density at radius 1 is 1.35 bits per heavy atom. The summed E-state index contributed by atoms with van der Waals surface area (Å²) < 4.78 is 5.36. The third-order valence-electron chi connectivity index (χ3n) is 3.45. The number of ether oxygens (including phenoxy) is 1. The molecular formula is C13H23N3O. The molecule has 0 saturated carbocycles. The fraction of sp³-hybridized carbons (Fsp3) is 0.769. The molecule has 0 aromatic carbocycles. The maximum absolute atomic E-state index is 5.36. The SMILES string of the molecule is CC(C)C1=CN=C(CN2CCOCC2)N(C)C1. The van der Waals surface area contributed by atoms with Crippen LogP contribution in [-0.2, 0) is 4.74 Å². The standard InChI is InChI=1S/C13H23N3O/c1-11(2)12-8-14-13(15(3)9-12)10-16-4-6-17-7-5-16/h8,11H,4-7,9-10H2,1-3H3. The minimum Gasteiger partial charge on any atom is -0.379 e. The van der Waals surface area contributed by atoms with Crippen LogP contribution in [0.4, 0.5) is 0 Å². The molecule has 96 valence electrons. The zero-order chi connectivity index (χ0) is 12.3. The van der Waals surface area contributed by atoms with E-state index < -0.39 is 0 Å². The minimum absolute atomic E-state index is 0.589. The van der Waals surface area contributed by atoms with Gasteiger partial charge in [0.1, 0.15) is 5.84 Å². The average Bonchev–Trinajstić information content (AvgIpc) is 2.33. The molecule has 2 heterocycles. The van der Waals surface area contributed by atoms with E-state index in [4.69, 9.17) is 4.74 Å². The lowest BCUT2D eigenvalue weighted by molar-refractivity contribution is 0.0443. The molecule has 0 spiro atoms. The molecule has 1 fully saturated rings. The number of morpholine rings is 1. The second-order valence-electron chi connectivity index (χ2n) is 5.15. The van der Waals surface area contributed by atoms with Crippen molar-refractivity contribution in [1.29, 1.82) is 0 Å². The van der Waals surface area contributed by atoms with E-state index in [1.54, 1.807) is 0 Å². The summed E-state index contributed by atoms with van der Waals surface area (Å²) in [5, 5.41) is 0. The Balaban J connectivity index is 1.95. The number of hydrogen-bond donors (Lipinski definition) is 0. The minimum atomic E-state index is 0.589. The van der Waals surface area contributed by atoms with E-state index in [2.05, 4.69) is 41.9 Å². The van der Waals surface area contributed by atoms with E-state index in [0.29, 0.717) is 5.92 Å². The fourth-order valence-electron chi connectivity index (χ4n) is 2.11. The largest absolute Gasteiger partial charge is 0.379 e. The highest BCUT2D eigenvalue weighted by Crippen LogP contribution is 2.15. The van der Waals surface area contributed by atoms with E-state index >= 15 is 0 Å². The summed E-state index contributed by atoms with van der Waals surface area (Å²) in [6.45, 7) is 10.2. The predicted octanol–water partition coefficient (Wildman–Crippen LogP) is 1.20. The Morgan fingerprint density at radius 2 is 2.06 bits per heavy atom. The van der Waals surface area contributed by atoms with Crippen molar-refractivity contribution in [3.8, 4) is 0 Å². The van der Waals surface area contributed by atoms with Gasteiger partial charge in [0, 0.05) is 32.9 Å². The summed E-state index contributed by atoms with van der Waals surface area (Å²) >= 11 is 0. The normalized spacial score (nSPS) is 22.7. The molecule has 2 aliphatic rings. The highest BCUT2D eigenvalue weighted by atomic mass is 16.5. The second kappa shape index (κ2) is 5.65. The number of rotatable bonds is 3. The number of likely N-dealkylation sites (N-methyl/N-ethyl adjacent to an activating group) is 1. The zero-order valence-corrected chi connectivity index (χ0v) is 11.1. The van der Waals surface area contributed by atoms with Gasteiger partial charge in [-0.3, -0.25) is 4.90 Å². The molecule has 0 bridgehead atoms. The Labute approximate surface area is 104 Å². The van der Waals surface area contributed by atoms with Gasteiger partial charge < -0.3 is 9.64 Å². The molecule has 1 saturated heterocycles. The van der Waals surface area contributed by atoms with Crippen LogP contribution in [0.1, 0.15) is 13.8 Å². The fourth-order valence-corrected chi connectivity index (χ4v) is 2.11. The molecule has 4 nitrogen and oxygen atoms in total. The molecule has 2 rings (SSSR count). The first-order valence-corrected chi connectivity index (χ1v) is 6.43. The number of amidine groups is 1. The summed E-state index contributed by atoms with van der Waals surface area (Å²) in [5.74, 6) is 1.77. The van der Waals surface area contributed by atoms with E-state index in [0.717, 1.165) is 39.4 Å². The smallest absolute Gasteiger partial charge is 0.118 e. The first-order chi connectivity index (χ1) is 8.16. The van der Waals surface area contributed by atoms with Crippen molar-refractivity contribution in [3.05, 3.63) is 11.8 Å². The van der Waals surface area contributed by atoms with E-state index in [1.807, 2.05) is 0 Å². The predicted molar refractivity (Wildman–Crippen MR) is 70.2 cm³/mol. The molecule has 4 heteroatoms. The van der Waals surface area contributed by atoms with Crippen LogP contribution in [0.15, 0.2) is 16.8 Å². The van der Waals surface area contributed by atoms with E-state index in [1.165, 1.54) is 11.4 Å². The first-order valence-electron chi connectivity index (χ1n) is 6.43. The van der Waals surface area contributed by atoms with Crippen LogP contribution in [-0.4, -0.2) is 62.1 Å². The third-order valence-corrected chi connectivity index (χ3v) is 3.45. The Hall–Kier alpha value is -0.870. The molecule has 0 atom stereocenters. The molecule has 0 amide bonds. The molecule has 0 aliphatic carbocycles. The van der Waals surface area contributed by atoms with Gasteiger partial charge in [0.15, 0.2) is 0 Å². The molecule has 0 unspecified atom stereocenters. The lowest BCUT2D eigenvalue weighted by Gasteiger charge is -2.32. The molecule has 0 N–H and O–H groups in total. The molecular weight excluding hydrogens is 214 g/mol. The average molecular weight is 237 g/mol.